The molecule has 0 spiro atoms. The molecular weight excluding hydrogens is 329 g/mol. The van der Waals surface area contributed by atoms with E-state index in [0.717, 1.165) is 0 Å². The summed E-state index contributed by atoms with van der Waals surface area (Å²) in [6.07, 6.45) is 0. The van der Waals surface area contributed by atoms with Gasteiger partial charge in [-0.2, -0.15) is 0 Å². The first-order valence-electron chi connectivity index (χ1n) is 7.88. The Labute approximate surface area is 145 Å². The van der Waals surface area contributed by atoms with Crippen molar-refractivity contribution in [3.63, 3.8) is 0 Å². The Morgan fingerprint density at radius 2 is 1.60 bits per heavy atom. The predicted molar refractivity (Wildman–Crippen MR) is 87.4 cm³/mol. The lowest BCUT2D eigenvalue weighted by molar-refractivity contribution is -0.140. The van der Waals surface area contributed by atoms with Crippen LogP contribution in [0.3, 0.4) is 0 Å². The van der Waals surface area contributed by atoms with Crippen molar-refractivity contribution >= 4 is 11.9 Å². The number of esters is 2. The first kappa shape index (κ1) is 18.5. The first-order valence-corrected chi connectivity index (χ1v) is 7.88. The van der Waals surface area contributed by atoms with Crippen molar-refractivity contribution in [2.24, 2.45) is 5.73 Å². The summed E-state index contributed by atoms with van der Waals surface area (Å²) in [5.74, 6) is -2.58. The number of hydrogen-bond donors (Lipinski definition) is 1. The van der Waals surface area contributed by atoms with Crippen LogP contribution in [0.25, 0.3) is 0 Å². The van der Waals surface area contributed by atoms with Gasteiger partial charge in [0, 0.05) is 0 Å². The fraction of sp³-hybridized carbons (Fsp3) is 0.333. The minimum atomic E-state index is -0.868. The molecule has 7 heteroatoms. The average molecular weight is 349 g/mol. The molecule has 2 rings (SSSR count). The van der Waals surface area contributed by atoms with E-state index in [4.69, 9.17) is 19.9 Å². The van der Waals surface area contributed by atoms with Crippen molar-refractivity contribution < 1.29 is 28.2 Å². The SMILES string of the molecule is CCOC(=O)C1=C(C)OC(N)=C(C(=O)OCC)[C@H]1c1ccc(F)cc1. The molecule has 1 aromatic carbocycles. The quantitative estimate of drug-likeness (QED) is 0.822. The van der Waals surface area contributed by atoms with Crippen LogP contribution in [0.2, 0.25) is 0 Å². The van der Waals surface area contributed by atoms with Crippen molar-refractivity contribution in [1.82, 2.24) is 0 Å². The van der Waals surface area contributed by atoms with Gasteiger partial charge in [0.2, 0.25) is 5.88 Å². The van der Waals surface area contributed by atoms with Gasteiger partial charge in [0.1, 0.15) is 17.1 Å². The molecule has 25 heavy (non-hydrogen) atoms. The highest BCUT2D eigenvalue weighted by atomic mass is 19.1. The lowest BCUT2D eigenvalue weighted by atomic mass is 9.82. The lowest BCUT2D eigenvalue weighted by Gasteiger charge is -2.28. The van der Waals surface area contributed by atoms with Gasteiger partial charge in [-0.1, -0.05) is 12.1 Å². The van der Waals surface area contributed by atoms with Crippen LogP contribution >= 0.6 is 0 Å². The van der Waals surface area contributed by atoms with Gasteiger partial charge in [-0.05, 0) is 38.5 Å². The summed E-state index contributed by atoms with van der Waals surface area (Å²) in [5, 5.41) is 0. The number of ether oxygens (including phenoxy) is 3. The fourth-order valence-corrected chi connectivity index (χ4v) is 2.65. The maximum Gasteiger partial charge on any atom is 0.340 e. The third kappa shape index (κ3) is 3.81. The van der Waals surface area contributed by atoms with Crippen LogP contribution in [-0.4, -0.2) is 25.2 Å². The zero-order chi connectivity index (χ0) is 18.6. The van der Waals surface area contributed by atoms with Crippen LogP contribution in [0.1, 0.15) is 32.3 Å². The van der Waals surface area contributed by atoms with Crippen molar-refractivity contribution in [3.05, 3.63) is 58.4 Å². The highest BCUT2D eigenvalue weighted by molar-refractivity contribution is 5.99. The molecule has 0 aliphatic carbocycles. The summed E-state index contributed by atoms with van der Waals surface area (Å²) in [5.41, 5.74) is 6.51. The van der Waals surface area contributed by atoms with E-state index >= 15 is 0 Å². The molecule has 0 saturated carbocycles. The van der Waals surface area contributed by atoms with Crippen LogP contribution in [0.5, 0.6) is 0 Å². The molecule has 0 amide bonds. The molecule has 0 fully saturated rings. The number of allylic oxidation sites excluding steroid dienone is 1. The Morgan fingerprint density at radius 3 is 2.12 bits per heavy atom. The van der Waals surface area contributed by atoms with Gasteiger partial charge >= 0.3 is 11.9 Å². The van der Waals surface area contributed by atoms with E-state index < -0.39 is 23.7 Å². The number of halogens is 1. The van der Waals surface area contributed by atoms with Gasteiger partial charge in [-0.3, -0.25) is 0 Å². The van der Waals surface area contributed by atoms with E-state index in [-0.39, 0.29) is 36.0 Å². The molecule has 1 aliphatic heterocycles. The highest BCUT2D eigenvalue weighted by Gasteiger charge is 2.39. The Bertz CT molecular complexity index is 696. The third-order valence-corrected chi connectivity index (χ3v) is 3.68. The van der Waals surface area contributed by atoms with E-state index in [1.165, 1.54) is 24.3 Å². The summed E-state index contributed by atoms with van der Waals surface area (Å²) < 4.78 is 28.8. The average Bonchev–Trinajstić information content (AvgIpc) is 2.55. The Kier molecular flexibility index (Phi) is 5.80. The second-order valence-corrected chi connectivity index (χ2v) is 5.28. The summed E-state index contributed by atoms with van der Waals surface area (Å²) in [6.45, 7) is 5.15. The molecule has 0 radical (unpaired) electrons. The van der Waals surface area contributed by atoms with E-state index in [9.17, 15) is 14.0 Å². The van der Waals surface area contributed by atoms with Crippen molar-refractivity contribution in [1.29, 1.82) is 0 Å². The van der Waals surface area contributed by atoms with Crippen LogP contribution in [0, 0.1) is 5.82 Å². The van der Waals surface area contributed by atoms with Crippen LogP contribution in [-0.2, 0) is 23.8 Å². The number of carbonyl (C=O) groups excluding carboxylic acids is 2. The molecule has 1 aromatic rings. The molecule has 2 N–H and O–H groups in total. The van der Waals surface area contributed by atoms with E-state index in [1.54, 1.807) is 20.8 Å². The first-order chi connectivity index (χ1) is 11.9. The van der Waals surface area contributed by atoms with E-state index in [1.807, 2.05) is 0 Å². The van der Waals surface area contributed by atoms with E-state index in [0.29, 0.717) is 5.56 Å². The molecular formula is C18H20FNO5. The maximum atomic E-state index is 13.3. The Hall–Kier alpha value is -2.83. The topological polar surface area (TPSA) is 87.9 Å². The van der Waals surface area contributed by atoms with Crippen molar-refractivity contribution in [2.45, 2.75) is 26.7 Å². The molecule has 0 bridgehead atoms. The molecule has 1 heterocycles. The molecule has 1 atom stereocenters. The second kappa shape index (κ2) is 7.83. The van der Waals surface area contributed by atoms with Crippen molar-refractivity contribution in [2.75, 3.05) is 13.2 Å². The molecule has 0 unspecified atom stereocenters. The van der Waals surface area contributed by atoms with Gasteiger partial charge in [0.15, 0.2) is 0 Å². The minimum absolute atomic E-state index is 0.0119. The lowest BCUT2D eigenvalue weighted by Crippen LogP contribution is -2.30. The van der Waals surface area contributed by atoms with E-state index in [2.05, 4.69) is 0 Å². The highest BCUT2D eigenvalue weighted by Crippen LogP contribution is 2.40. The monoisotopic (exact) mass is 349 g/mol. The van der Waals surface area contributed by atoms with Gasteiger partial charge in [-0.25, -0.2) is 14.0 Å². The number of nitrogens with two attached hydrogens (primary N) is 1. The maximum absolute atomic E-state index is 13.3. The van der Waals surface area contributed by atoms with Gasteiger partial charge in [-0.15, -0.1) is 0 Å². The van der Waals surface area contributed by atoms with Crippen LogP contribution in [0.15, 0.2) is 47.1 Å². The van der Waals surface area contributed by atoms with Gasteiger partial charge in [0.25, 0.3) is 0 Å². The van der Waals surface area contributed by atoms with Crippen molar-refractivity contribution in [3.8, 4) is 0 Å². The minimum Gasteiger partial charge on any atom is -0.463 e. The number of rotatable bonds is 5. The largest absolute Gasteiger partial charge is 0.463 e. The van der Waals surface area contributed by atoms with Crippen LogP contribution < -0.4 is 5.73 Å². The second-order valence-electron chi connectivity index (χ2n) is 5.28. The van der Waals surface area contributed by atoms with Crippen LogP contribution in [0.4, 0.5) is 4.39 Å². The standard InChI is InChI=1S/C18H20FNO5/c1-4-23-17(21)13-10(3)25-16(20)15(18(22)24-5-2)14(13)11-6-8-12(19)9-7-11/h6-9,14H,4-5,20H2,1-3H3/t14-/m0/s1. The predicted octanol–water partition coefficient (Wildman–Crippen LogP) is 2.51. The zero-order valence-electron chi connectivity index (χ0n) is 14.3. The van der Waals surface area contributed by atoms with Gasteiger partial charge in [0.05, 0.1) is 24.7 Å². The number of carbonyl (C=O) groups is 2. The zero-order valence-corrected chi connectivity index (χ0v) is 14.3. The molecule has 0 aromatic heterocycles. The molecule has 0 saturated heterocycles. The molecule has 134 valence electrons. The number of hydrogen-bond acceptors (Lipinski definition) is 6. The number of benzene rings is 1. The summed E-state index contributed by atoms with van der Waals surface area (Å²) in [4.78, 5) is 24.8. The summed E-state index contributed by atoms with van der Waals surface area (Å²) in [6, 6.07) is 5.43. The smallest absolute Gasteiger partial charge is 0.340 e. The summed E-state index contributed by atoms with van der Waals surface area (Å²) in [7, 11) is 0. The Balaban J connectivity index is 2.61. The third-order valence-electron chi connectivity index (χ3n) is 3.68. The Morgan fingerprint density at radius 1 is 1.08 bits per heavy atom. The summed E-state index contributed by atoms with van der Waals surface area (Å²) >= 11 is 0. The normalized spacial score (nSPS) is 17.2. The molecule has 1 aliphatic rings. The van der Waals surface area contributed by atoms with Gasteiger partial charge < -0.3 is 19.9 Å². The fourth-order valence-electron chi connectivity index (χ4n) is 2.65. The molecule has 6 nitrogen and oxygen atoms in total.